The van der Waals surface area contributed by atoms with Crippen LogP contribution in [0.25, 0.3) is 0 Å². The van der Waals surface area contributed by atoms with Crippen molar-refractivity contribution in [2.45, 2.75) is 26.9 Å². The third-order valence-corrected chi connectivity index (χ3v) is 5.66. The highest BCUT2D eigenvalue weighted by atomic mass is 35.5. The van der Waals surface area contributed by atoms with Gasteiger partial charge in [0.2, 0.25) is 5.91 Å². The molecule has 1 heterocycles. The van der Waals surface area contributed by atoms with Gasteiger partial charge in [0.1, 0.15) is 5.82 Å². The Hall–Kier alpha value is -3.52. The highest BCUT2D eigenvalue weighted by Crippen LogP contribution is 2.37. The normalized spacial score (nSPS) is 10.7. The van der Waals surface area contributed by atoms with Gasteiger partial charge in [-0.05, 0) is 37.6 Å². The van der Waals surface area contributed by atoms with Gasteiger partial charge in [-0.3, -0.25) is 9.59 Å². The Balaban J connectivity index is 1.85. The molecule has 168 valence electrons. The fraction of sp³-hybridized carbons (Fsp3) is 0.261. The highest BCUT2D eigenvalue weighted by Gasteiger charge is 2.20. The van der Waals surface area contributed by atoms with Gasteiger partial charge >= 0.3 is 0 Å². The van der Waals surface area contributed by atoms with Crippen LogP contribution in [0.4, 0.5) is 0 Å². The number of primary amides is 1. The molecule has 0 aliphatic rings. The lowest BCUT2D eigenvalue weighted by Crippen LogP contribution is -2.25. The molecule has 0 aliphatic heterocycles. The minimum atomic E-state index is -0.493. The van der Waals surface area contributed by atoms with Gasteiger partial charge in [0.05, 0.1) is 37.0 Å². The number of carbonyl (C=O) groups is 2. The van der Waals surface area contributed by atoms with Crippen molar-refractivity contribution in [2.75, 3.05) is 14.2 Å². The smallest absolute Gasteiger partial charge is 0.253 e. The van der Waals surface area contributed by atoms with Crippen molar-refractivity contribution in [3.05, 3.63) is 75.3 Å². The number of amides is 2. The van der Waals surface area contributed by atoms with E-state index in [0.717, 1.165) is 17.0 Å². The van der Waals surface area contributed by atoms with Crippen molar-refractivity contribution in [1.29, 1.82) is 0 Å². The Bertz CT molecular complexity index is 1170. The number of ether oxygens (including phenoxy) is 2. The van der Waals surface area contributed by atoms with Gasteiger partial charge in [0, 0.05) is 17.8 Å². The van der Waals surface area contributed by atoms with E-state index >= 15 is 0 Å². The van der Waals surface area contributed by atoms with Gasteiger partial charge in [-0.1, -0.05) is 29.8 Å². The molecular weight excluding hydrogens is 432 g/mol. The quantitative estimate of drug-likeness (QED) is 0.540. The molecule has 8 nitrogen and oxygen atoms in total. The predicted octanol–water partition coefficient (Wildman–Crippen LogP) is 3.25. The molecule has 3 aromatic rings. The molecule has 0 bridgehead atoms. The van der Waals surface area contributed by atoms with Crippen LogP contribution in [0.1, 0.15) is 43.5 Å². The fourth-order valence-corrected chi connectivity index (χ4v) is 3.78. The van der Waals surface area contributed by atoms with Crippen LogP contribution in [0.2, 0.25) is 5.02 Å². The second-order valence-corrected chi connectivity index (χ2v) is 7.53. The number of benzene rings is 2. The molecule has 0 unspecified atom stereocenters. The summed E-state index contributed by atoms with van der Waals surface area (Å²) >= 11 is 6.35. The summed E-state index contributed by atoms with van der Waals surface area (Å²) in [6.07, 6.45) is 0. The number of nitrogens with one attached hydrogen (secondary N) is 1. The number of hydrogen-bond donors (Lipinski definition) is 2. The lowest BCUT2D eigenvalue weighted by molar-refractivity contribution is 0.0948. The minimum Gasteiger partial charge on any atom is -0.493 e. The summed E-state index contributed by atoms with van der Waals surface area (Å²) in [6, 6.07) is 10.4. The molecule has 0 spiro atoms. The summed E-state index contributed by atoms with van der Waals surface area (Å²) in [5.41, 5.74) is 8.76. The number of nitrogens with zero attached hydrogens (tertiary/aromatic N) is 2. The summed E-state index contributed by atoms with van der Waals surface area (Å²) in [7, 11) is 2.95. The van der Waals surface area contributed by atoms with Crippen LogP contribution < -0.4 is 20.5 Å². The standard InChI is InChI=1S/C23H25ClN4O4/c1-13-14(2)28(12-15-7-5-6-8-16(15)22(25)29)19(27-13)11-26-23(30)17-9-10-18(31-3)21(32-4)20(17)24/h5-10H,11-12H2,1-4H3,(H2,25,29)(H,26,30). The van der Waals surface area contributed by atoms with Crippen LogP contribution in [0.3, 0.4) is 0 Å². The summed E-state index contributed by atoms with van der Waals surface area (Å²) in [5.74, 6) is 0.498. The molecule has 0 atom stereocenters. The molecule has 2 amide bonds. The van der Waals surface area contributed by atoms with Crippen molar-refractivity contribution < 1.29 is 19.1 Å². The maximum atomic E-state index is 12.8. The number of nitrogens with two attached hydrogens (primary N) is 1. The van der Waals surface area contributed by atoms with Gasteiger partial charge in [-0.25, -0.2) is 4.98 Å². The number of hydrogen-bond acceptors (Lipinski definition) is 5. The van der Waals surface area contributed by atoms with Crippen LogP contribution in [0, 0.1) is 13.8 Å². The number of rotatable bonds is 8. The first-order valence-corrected chi connectivity index (χ1v) is 10.2. The van der Waals surface area contributed by atoms with Crippen LogP contribution >= 0.6 is 11.6 Å². The van der Waals surface area contributed by atoms with Gasteiger partial charge < -0.3 is 25.1 Å². The second kappa shape index (κ2) is 9.74. The number of halogens is 1. The lowest BCUT2D eigenvalue weighted by Gasteiger charge is -2.14. The zero-order valence-corrected chi connectivity index (χ0v) is 19.1. The van der Waals surface area contributed by atoms with E-state index in [-0.39, 0.29) is 28.8 Å². The number of aromatic nitrogens is 2. The van der Waals surface area contributed by atoms with E-state index in [1.807, 2.05) is 30.5 Å². The van der Waals surface area contributed by atoms with E-state index in [2.05, 4.69) is 10.3 Å². The first kappa shape index (κ1) is 23.1. The monoisotopic (exact) mass is 456 g/mol. The number of methoxy groups -OCH3 is 2. The first-order valence-electron chi connectivity index (χ1n) is 9.87. The molecular formula is C23H25ClN4O4. The topological polar surface area (TPSA) is 108 Å². The van der Waals surface area contributed by atoms with Gasteiger partial charge in [0.25, 0.3) is 5.91 Å². The molecule has 32 heavy (non-hydrogen) atoms. The predicted molar refractivity (Wildman–Crippen MR) is 121 cm³/mol. The molecule has 0 fully saturated rings. The molecule has 0 aliphatic carbocycles. The summed E-state index contributed by atoms with van der Waals surface area (Å²) in [6.45, 7) is 4.39. The van der Waals surface area contributed by atoms with E-state index in [9.17, 15) is 9.59 Å². The largest absolute Gasteiger partial charge is 0.493 e. The maximum absolute atomic E-state index is 12.8. The number of carbonyl (C=O) groups excluding carboxylic acids is 2. The zero-order chi connectivity index (χ0) is 23.4. The molecule has 0 radical (unpaired) electrons. The first-order chi connectivity index (χ1) is 15.3. The van der Waals surface area contributed by atoms with Crippen LogP contribution in [-0.4, -0.2) is 35.6 Å². The molecule has 0 saturated carbocycles. The van der Waals surface area contributed by atoms with E-state index in [4.69, 9.17) is 26.8 Å². The third-order valence-electron chi connectivity index (χ3n) is 5.28. The summed E-state index contributed by atoms with van der Waals surface area (Å²) in [4.78, 5) is 29.2. The maximum Gasteiger partial charge on any atom is 0.253 e. The Morgan fingerprint density at radius 1 is 1.09 bits per heavy atom. The number of imidazole rings is 1. The van der Waals surface area contributed by atoms with Crippen LogP contribution in [0.15, 0.2) is 36.4 Å². The van der Waals surface area contributed by atoms with E-state index in [1.54, 1.807) is 24.3 Å². The highest BCUT2D eigenvalue weighted by molar-refractivity contribution is 6.35. The van der Waals surface area contributed by atoms with E-state index in [1.165, 1.54) is 14.2 Å². The lowest BCUT2D eigenvalue weighted by atomic mass is 10.1. The Morgan fingerprint density at radius 2 is 1.81 bits per heavy atom. The van der Waals surface area contributed by atoms with E-state index in [0.29, 0.717) is 23.7 Å². The number of aryl methyl sites for hydroxylation is 1. The molecule has 3 rings (SSSR count). The molecule has 0 saturated heterocycles. The van der Waals surface area contributed by atoms with Crippen LogP contribution in [-0.2, 0) is 13.1 Å². The summed E-state index contributed by atoms with van der Waals surface area (Å²) < 4.78 is 12.4. The Kier molecular flexibility index (Phi) is 7.05. The molecule has 9 heteroatoms. The average molecular weight is 457 g/mol. The van der Waals surface area contributed by atoms with Crippen LogP contribution in [0.5, 0.6) is 11.5 Å². The van der Waals surface area contributed by atoms with Gasteiger partial charge in [-0.2, -0.15) is 0 Å². The van der Waals surface area contributed by atoms with Crippen molar-refractivity contribution in [2.24, 2.45) is 5.73 Å². The Morgan fingerprint density at radius 3 is 2.47 bits per heavy atom. The third kappa shape index (κ3) is 4.55. The molecule has 3 N–H and O–H groups in total. The summed E-state index contributed by atoms with van der Waals surface area (Å²) in [5, 5.41) is 3.02. The van der Waals surface area contributed by atoms with Crippen molar-refractivity contribution in [1.82, 2.24) is 14.9 Å². The fourth-order valence-electron chi connectivity index (χ4n) is 3.46. The average Bonchev–Trinajstić information content (AvgIpc) is 3.05. The van der Waals surface area contributed by atoms with Crippen molar-refractivity contribution in [3.63, 3.8) is 0 Å². The zero-order valence-electron chi connectivity index (χ0n) is 18.4. The molecule has 2 aromatic carbocycles. The van der Waals surface area contributed by atoms with Crippen molar-refractivity contribution in [3.8, 4) is 11.5 Å². The molecule has 1 aromatic heterocycles. The second-order valence-electron chi connectivity index (χ2n) is 7.15. The van der Waals surface area contributed by atoms with Gasteiger partial charge in [-0.15, -0.1) is 0 Å². The Labute approximate surface area is 191 Å². The van der Waals surface area contributed by atoms with Crippen molar-refractivity contribution >= 4 is 23.4 Å². The SMILES string of the molecule is COc1ccc(C(=O)NCc2nc(C)c(C)n2Cc2ccccc2C(N)=O)c(Cl)c1OC. The minimum absolute atomic E-state index is 0.162. The van der Waals surface area contributed by atoms with E-state index < -0.39 is 5.91 Å². The van der Waals surface area contributed by atoms with Gasteiger partial charge in [0.15, 0.2) is 11.5 Å².